The van der Waals surface area contributed by atoms with E-state index in [-0.39, 0.29) is 12.1 Å². The van der Waals surface area contributed by atoms with Gasteiger partial charge in [-0.3, -0.25) is 4.68 Å². The number of nitrogens with zero attached hydrogens (tertiary/aromatic N) is 5. The van der Waals surface area contributed by atoms with E-state index in [4.69, 9.17) is 4.74 Å². The molecular formula is C20H25BrN6O2S. The topological polar surface area (TPSA) is 85.2 Å². The van der Waals surface area contributed by atoms with Crippen LogP contribution in [0.25, 0.3) is 10.2 Å². The molecule has 160 valence electrons. The summed E-state index contributed by atoms with van der Waals surface area (Å²) in [7, 11) is 0. The van der Waals surface area contributed by atoms with Gasteiger partial charge in [0.15, 0.2) is 0 Å². The zero-order chi connectivity index (χ0) is 21.5. The number of carbonyl (C=O) groups excluding carboxylic acids is 1. The first-order valence-corrected chi connectivity index (χ1v) is 11.5. The number of thiophene rings is 1. The van der Waals surface area contributed by atoms with Crippen LogP contribution in [0.3, 0.4) is 0 Å². The Labute approximate surface area is 187 Å². The van der Waals surface area contributed by atoms with Crippen LogP contribution in [0.4, 0.5) is 16.4 Å². The largest absolute Gasteiger partial charge is 0.444 e. The van der Waals surface area contributed by atoms with Crippen molar-refractivity contribution in [3.05, 3.63) is 27.9 Å². The minimum atomic E-state index is -0.473. The lowest BCUT2D eigenvalue weighted by Gasteiger charge is -2.33. The molecule has 0 unspecified atom stereocenters. The number of ether oxygens (including phenoxy) is 1. The molecule has 0 saturated carbocycles. The molecule has 30 heavy (non-hydrogen) atoms. The molecule has 1 fully saturated rings. The van der Waals surface area contributed by atoms with E-state index in [1.807, 2.05) is 37.8 Å². The zero-order valence-electron chi connectivity index (χ0n) is 17.5. The van der Waals surface area contributed by atoms with Gasteiger partial charge in [-0.25, -0.2) is 14.8 Å². The van der Waals surface area contributed by atoms with Crippen LogP contribution in [0.15, 0.2) is 23.1 Å². The van der Waals surface area contributed by atoms with Crippen LogP contribution in [0.2, 0.25) is 0 Å². The van der Waals surface area contributed by atoms with E-state index >= 15 is 0 Å². The fourth-order valence-corrected chi connectivity index (χ4v) is 4.95. The van der Waals surface area contributed by atoms with E-state index < -0.39 is 5.60 Å². The first-order chi connectivity index (χ1) is 14.2. The maximum Gasteiger partial charge on any atom is 0.410 e. The molecule has 1 amide bonds. The minimum Gasteiger partial charge on any atom is -0.444 e. The van der Waals surface area contributed by atoms with Crippen LogP contribution in [-0.2, 0) is 4.74 Å². The quantitative estimate of drug-likeness (QED) is 0.535. The van der Waals surface area contributed by atoms with E-state index in [2.05, 4.69) is 43.2 Å². The molecule has 0 radical (unpaired) electrons. The van der Waals surface area contributed by atoms with Gasteiger partial charge in [0, 0.05) is 24.2 Å². The summed E-state index contributed by atoms with van der Waals surface area (Å²) in [6.07, 6.45) is 7.01. The number of aromatic nitrogens is 4. The van der Waals surface area contributed by atoms with Gasteiger partial charge in [-0.15, -0.1) is 11.3 Å². The summed E-state index contributed by atoms with van der Waals surface area (Å²) in [6.45, 7) is 9.03. The Morgan fingerprint density at radius 3 is 2.73 bits per heavy atom. The average molecular weight is 493 g/mol. The first-order valence-electron chi connectivity index (χ1n) is 9.90. The van der Waals surface area contributed by atoms with Crippen molar-refractivity contribution in [1.82, 2.24) is 24.6 Å². The second-order valence-electron chi connectivity index (χ2n) is 8.41. The number of likely N-dealkylation sites (tertiary alicyclic amines) is 1. The predicted octanol–water partition coefficient (Wildman–Crippen LogP) is 5.27. The van der Waals surface area contributed by atoms with Crippen molar-refractivity contribution in [2.45, 2.75) is 52.2 Å². The van der Waals surface area contributed by atoms with Crippen LogP contribution < -0.4 is 5.32 Å². The highest BCUT2D eigenvalue weighted by molar-refractivity contribution is 9.10. The second-order valence-corrected chi connectivity index (χ2v) is 10.5. The van der Waals surface area contributed by atoms with Crippen molar-refractivity contribution < 1.29 is 9.53 Å². The molecule has 1 N–H and O–H groups in total. The fraction of sp³-hybridized carbons (Fsp3) is 0.500. The van der Waals surface area contributed by atoms with Gasteiger partial charge >= 0.3 is 6.09 Å². The molecule has 0 atom stereocenters. The maximum absolute atomic E-state index is 12.2. The van der Waals surface area contributed by atoms with Gasteiger partial charge in [-0.05, 0) is 56.5 Å². The standard InChI is InChI=1S/C20H25BrN6O2S/c1-12-16(21)17-15(30-12)10-22-18(25-17)24-13-9-23-27(11-13)14-5-7-26(8-6-14)19(28)29-20(2,3)4/h9-11,14H,5-8H2,1-4H3,(H,22,24,25). The van der Waals surface area contributed by atoms with E-state index in [0.29, 0.717) is 19.0 Å². The second kappa shape index (κ2) is 8.14. The highest BCUT2D eigenvalue weighted by Gasteiger charge is 2.27. The molecule has 3 aromatic heterocycles. The molecule has 0 aromatic carbocycles. The Bertz CT molecular complexity index is 1070. The average Bonchev–Trinajstić information content (AvgIpc) is 3.26. The lowest BCUT2D eigenvalue weighted by molar-refractivity contribution is 0.0185. The normalized spacial score (nSPS) is 15.6. The summed E-state index contributed by atoms with van der Waals surface area (Å²) in [5, 5.41) is 7.74. The van der Waals surface area contributed by atoms with Gasteiger partial charge in [0.1, 0.15) is 11.1 Å². The minimum absolute atomic E-state index is 0.244. The number of nitrogens with one attached hydrogen (secondary N) is 1. The molecule has 4 heterocycles. The lowest BCUT2D eigenvalue weighted by atomic mass is 10.1. The number of hydrogen-bond donors (Lipinski definition) is 1. The molecule has 3 aromatic rings. The van der Waals surface area contributed by atoms with Gasteiger partial charge in [0.05, 0.1) is 33.3 Å². The zero-order valence-corrected chi connectivity index (χ0v) is 19.9. The number of piperidine rings is 1. The van der Waals surface area contributed by atoms with Gasteiger partial charge in [-0.1, -0.05) is 0 Å². The summed E-state index contributed by atoms with van der Waals surface area (Å²) >= 11 is 5.27. The Morgan fingerprint density at radius 2 is 2.03 bits per heavy atom. The Morgan fingerprint density at radius 1 is 1.30 bits per heavy atom. The summed E-state index contributed by atoms with van der Waals surface area (Å²) < 4.78 is 9.49. The molecule has 1 aliphatic heterocycles. The SMILES string of the molecule is Cc1sc2cnc(Nc3cnn(C4CCN(C(=O)OC(C)(C)C)CC4)c3)nc2c1Br. The van der Waals surface area contributed by atoms with E-state index in [0.717, 1.165) is 33.2 Å². The van der Waals surface area contributed by atoms with Crippen LogP contribution >= 0.6 is 27.3 Å². The summed E-state index contributed by atoms with van der Waals surface area (Å²) in [5.41, 5.74) is 1.28. The highest BCUT2D eigenvalue weighted by Crippen LogP contribution is 2.34. The maximum atomic E-state index is 12.2. The van der Waals surface area contributed by atoms with E-state index in [1.165, 1.54) is 4.88 Å². The number of aryl methyl sites for hydroxylation is 1. The van der Waals surface area contributed by atoms with Gasteiger partial charge in [0.25, 0.3) is 0 Å². The Kier molecular flexibility index (Phi) is 5.71. The fourth-order valence-electron chi connectivity index (χ4n) is 3.41. The van der Waals surface area contributed by atoms with Crippen molar-refractivity contribution in [3.8, 4) is 0 Å². The van der Waals surface area contributed by atoms with Crippen LogP contribution in [-0.4, -0.2) is 49.4 Å². The summed E-state index contributed by atoms with van der Waals surface area (Å²) in [5.74, 6) is 0.542. The predicted molar refractivity (Wildman–Crippen MR) is 121 cm³/mol. The molecule has 1 aliphatic rings. The van der Waals surface area contributed by atoms with Crippen LogP contribution in [0, 0.1) is 6.92 Å². The van der Waals surface area contributed by atoms with E-state index in [9.17, 15) is 4.79 Å². The molecule has 8 nitrogen and oxygen atoms in total. The molecule has 0 bridgehead atoms. The summed E-state index contributed by atoms with van der Waals surface area (Å²) in [6, 6.07) is 0.247. The monoisotopic (exact) mass is 492 g/mol. The van der Waals surface area contributed by atoms with Crippen molar-refractivity contribution in [3.63, 3.8) is 0 Å². The number of hydrogen-bond acceptors (Lipinski definition) is 7. The third-order valence-electron chi connectivity index (χ3n) is 4.88. The van der Waals surface area contributed by atoms with Gasteiger partial charge < -0.3 is 15.0 Å². The number of halogens is 1. The van der Waals surface area contributed by atoms with Crippen LogP contribution in [0.1, 0.15) is 44.5 Å². The molecule has 1 saturated heterocycles. The molecule has 0 spiro atoms. The third-order valence-corrected chi connectivity index (χ3v) is 7.14. The van der Waals surface area contributed by atoms with Gasteiger partial charge in [-0.2, -0.15) is 5.10 Å². The van der Waals surface area contributed by atoms with Gasteiger partial charge in [0.2, 0.25) is 5.95 Å². The van der Waals surface area contributed by atoms with Crippen LogP contribution in [0.5, 0.6) is 0 Å². The number of carbonyl (C=O) groups is 1. The first kappa shape index (κ1) is 21.0. The van der Waals surface area contributed by atoms with Crippen molar-refractivity contribution >= 4 is 55.2 Å². The Hall–Kier alpha value is -2.20. The summed E-state index contributed by atoms with van der Waals surface area (Å²) in [4.78, 5) is 24.2. The van der Waals surface area contributed by atoms with E-state index in [1.54, 1.807) is 22.4 Å². The molecule has 0 aliphatic carbocycles. The number of amides is 1. The smallest absolute Gasteiger partial charge is 0.410 e. The third kappa shape index (κ3) is 4.59. The number of anilines is 2. The number of fused-ring (bicyclic) bond motifs is 1. The molecular weight excluding hydrogens is 468 g/mol. The molecule has 10 heteroatoms. The molecule has 4 rings (SSSR count). The van der Waals surface area contributed by atoms with Crippen molar-refractivity contribution in [2.75, 3.05) is 18.4 Å². The van der Waals surface area contributed by atoms with Crippen molar-refractivity contribution in [2.24, 2.45) is 0 Å². The Balaban J connectivity index is 1.38. The lowest BCUT2D eigenvalue weighted by Crippen LogP contribution is -2.42. The van der Waals surface area contributed by atoms with Crippen molar-refractivity contribution in [1.29, 1.82) is 0 Å². The highest BCUT2D eigenvalue weighted by atomic mass is 79.9. The number of rotatable bonds is 3.